The van der Waals surface area contributed by atoms with Gasteiger partial charge >= 0.3 is 11.8 Å². The van der Waals surface area contributed by atoms with Crippen molar-refractivity contribution in [2.45, 2.75) is 32.0 Å². The van der Waals surface area contributed by atoms with Crippen LogP contribution in [0.5, 0.6) is 0 Å². The second-order valence-electron chi connectivity index (χ2n) is 7.47. The average molecular weight is 426 g/mol. The molecule has 1 atom stereocenters. The molecule has 0 saturated carbocycles. The first-order valence-corrected chi connectivity index (χ1v) is 9.98. The van der Waals surface area contributed by atoms with Gasteiger partial charge in [0.15, 0.2) is 6.23 Å². The maximum absolute atomic E-state index is 13.1. The number of carbonyl (C=O) groups excluding carboxylic acids is 2. The van der Waals surface area contributed by atoms with Crippen LogP contribution in [-0.2, 0) is 20.9 Å². The lowest BCUT2D eigenvalue weighted by Gasteiger charge is -2.24. The number of benzene rings is 1. The van der Waals surface area contributed by atoms with E-state index in [1.54, 1.807) is 23.0 Å². The molecule has 0 bridgehead atoms. The normalized spacial score (nSPS) is 16.3. The summed E-state index contributed by atoms with van der Waals surface area (Å²) < 4.78 is 20.6. The maximum Gasteiger partial charge on any atom is 0.314 e. The van der Waals surface area contributed by atoms with Crippen LogP contribution in [0, 0.1) is 5.82 Å². The number of nitrogen functional groups attached to an aromatic ring is 1. The van der Waals surface area contributed by atoms with Gasteiger partial charge in [0.25, 0.3) is 0 Å². The standard InChI is InChI=1S/C21H23FN6O3/c1-27(12-13-5-7-14(22)8-6-13)21(30)20(29)26-16-11-24-19(23)15-10-25-28(18(15)16)17-4-2-3-9-31-17/h5-8,10-11,17H,2-4,9,12H2,1H3,(H2,23,24)(H,26,29). The van der Waals surface area contributed by atoms with Crippen molar-refractivity contribution in [3.05, 3.63) is 48.0 Å². The predicted molar refractivity (Wildman–Crippen MR) is 112 cm³/mol. The van der Waals surface area contributed by atoms with Crippen molar-refractivity contribution in [2.75, 3.05) is 24.7 Å². The fraction of sp³-hybridized carbons (Fsp3) is 0.333. The minimum absolute atomic E-state index is 0.162. The van der Waals surface area contributed by atoms with E-state index < -0.39 is 11.8 Å². The van der Waals surface area contributed by atoms with E-state index in [9.17, 15) is 14.0 Å². The van der Waals surface area contributed by atoms with E-state index >= 15 is 0 Å². The Hall–Kier alpha value is -3.53. The zero-order valence-corrected chi connectivity index (χ0v) is 17.0. The van der Waals surface area contributed by atoms with Gasteiger partial charge in [0.2, 0.25) is 0 Å². The van der Waals surface area contributed by atoms with Gasteiger partial charge in [0.05, 0.1) is 23.5 Å². The van der Waals surface area contributed by atoms with Crippen LogP contribution in [0.1, 0.15) is 31.1 Å². The molecule has 4 rings (SSSR count). The fourth-order valence-corrected chi connectivity index (χ4v) is 3.59. The molecule has 1 aliphatic rings. The van der Waals surface area contributed by atoms with Gasteiger partial charge in [0, 0.05) is 20.2 Å². The van der Waals surface area contributed by atoms with Gasteiger partial charge < -0.3 is 20.7 Å². The van der Waals surface area contributed by atoms with Crippen LogP contribution < -0.4 is 11.1 Å². The number of likely N-dealkylation sites (N-methyl/N-ethyl adjacent to an activating group) is 1. The Morgan fingerprint density at radius 2 is 2.06 bits per heavy atom. The second-order valence-corrected chi connectivity index (χ2v) is 7.47. The van der Waals surface area contributed by atoms with Crippen molar-refractivity contribution in [1.29, 1.82) is 0 Å². The van der Waals surface area contributed by atoms with Crippen LogP contribution in [0.4, 0.5) is 15.9 Å². The molecule has 3 aromatic rings. The van der Waals surface area contributed by atoms with E-state index in [-0.39, 0.29) is 24.4 Å². The summed E-state index contributed by atoms with van der Waals surface area (Å²) >= 11 is 0. The molecule has 3 heterocycles. The van der Waals surface area contributed by atoms with Gasteiger partial charge in [-0.3, -0.25) is 9.59 Å². The summed E-state index contributed by atoms with van der Waals surface area (Å²) in [5.41, 5.74) is 7.57. The van der Waals surface area contributed by atoms with Crippen LogP contribution >= 0.6 is 0 Å². The Morgan fingerprint density at radius 3 is 2.77 bits per heavy atom. The van der Waals surface area contributed by atoms with E-state index in [0.717, 1.165) is 19.3 Å². The van der Waals surface area contributed by atoms with Gasteiger partial charge in [-0.1, -0.05) is 12.1 Å². The number of rotatable bonds is 4. The van der Waals surface area contributed by atoms with E-state index in [1.807, 2.05) is 0 Å². The first kappa shape index (κ1) is 20.7. The third kappa shape index (κ3) is 4.33. The zero-order valence-electron chi connectivity index (χ0n) is 17.0. The fourth-order valence-electron chi connectivity index (χ4n) is 3.59. The third-order valence-corrected chi connectivity index (χ3v) is 5.21. The predicted octanol–water partition coefficient (Wildman–Crippen LogP) is 2.45. The Balaban J connectivity index is 1.55. The number of carbonyl (C=O) groups is 2. The first-order chi connectivity index (χ1) is 14.9. The number of hydrogen-bond acceptors (Lipinski definition) is 6. The number of anilines is 2. The summed E-state index contributed by atoms with van der Waals surface area (Å²) in [4.78, 5) is 30.6. The third-order valence-electron chi connectivity index (χ3n) is 5.21. The van der Waals surface area contributed by atoms with E-state index in [2.05, 4.69) is 15.4 Å². The SMILES string of the molecule is CN(Cc1ccc(F)cc1)C(=O)C(=O)Nc1cnc(N)c2cnn(C3CCCCO3)c12. The number of aromatic nitrogens is 3. The highest BCUT2D eigenvalue weighted by Crippen LogP contribution is 2.32. The van der Waals surface area contributed by atoms with Crippen LogP contribution in [0.2, 0.25) is 0 Å². The summed E-state index contributed by atoms with van der Waals surface area (Å²) in [5, 5.41) is 7.58. The maximum atomic E-state index is 13.1. The molecule has 9 nitrogen and oxygen atoms in total. The zero-order chi connectivity index (χ0) is 22.0. The Morgan fingerprint density at radius 1 is 1.29 bits per heavy atom. The number of hydrogen-bond donors (Lipinski definition) is 2. The van der Waals surface area contributed by atoms with Crippen molar-refractivity contribution in [1.82, 2.24) is 19.7 Å². The molecular formula is C21H23FN6O3. The number of nitrogens with zero attached hydrogens (tertiary/aromatic N) is 4. The van der Waals surface area contributed by atoms with Crippen molar-refractivity contribution >= 4 is 34.2 Å². The quantitative estimate of drug-likeness (QED) is 0.619. The largest absolute Gasteiger partial charge is 0.383 e. The van der Waals surface area contributed by atoms with Gasteiger partial charge in [-0.15, -0.1) is 0 Å². The Labute approximate surface area is 178 Å². The summed E-state index contributed by atoms with van der Waals surface area (Å²) in [5.74, 6) is -1.66. The summed E-state index contributed by atoms with van der Waals surface area (Å²) in [6.07, 6.45) is 5.47. The lowest BCUT2D eigenvalue weighted by atomic mass is 10.2. The van der Waals surface area contributed by atoms with Crippen molar-refractivity contribution in [3.8, 4) is 0 Å². The number of nitrogens with one attached hydrogen (secondary N) is 1. The molecule has 2 amide bonds. The monoisotopic (exact) mass is 426 g/mol. The van der Waals surface area contributed by atoms with E-state index in [1.165, 1.54) is 30.3 Å². The molecule has 31 heavy (non-hydrogen) atoms. The van der Waals surface area contributed by atoms with Crippen molar-refractivity contribution in [3.63, 3.8) is 0 Å². The molecule has 1 fully saturated rings. The highest BCUT2D eigenvalue weighted by molar-refractivity contribution is 6.40. The highest BCUT2D eigenvalue weighted by Gasteiger charge is 2.24. The van der Waals surface area contributed by atoms with E-state index in [0.29, 0.717) is 28.8 Å². The molecule has 1 saturated heterocycles. The van der Waals surface area contributed by atoms with E-state index in [4.69, 9.17) is 10.5 Å². The Bertz CT molecular complexity index is 1110. The van der Waals surface area contributed by atoms with Gasteiger partial charge in [-0.05, 0) is 37.0 Å². The lowest BCUT2D eigenvalue weighted by molar-refractivity contribution is -0.142. The van der Waals surface area contributed by atoms with Crippen LogP contribution in [-0.4, -0.2) is 45.1 Å². The molecule has 0 aliphatic carbocycles. The first-order valence-electron chi connectivity index (χ1n) is 9.98. The molecule has 3 N–H and O–H groups in total. The molecule has 1 aliphatic heterocycles. The van der Waals surface area contributed by atoms with Crippen molar-refractivity contribution in [2.24, 2.45) is 0 Å². The highest BCUT2D eigenvalue weighted by atomic mass is 19.1. The van der Waals surface area contributed by atoms with Crippen LogP contribution in [0.15, 0.2) is 36.7 Å². The number of ether oxygens (including phenoxy) is 1. The molecule has 2 aromatic heterocycles. The molecule has 1 aromatic carbocycles. The molecule has 10 heteroatoms. The number of fused-ring (bicyclic) bond motifs is 1. The molecular weight excluding hydrogens is 403 g/mol. The second kappa shape index (κ2) is 8.68. The van der Waals surface area contributed by atoms with Gasteiger partial charge in [0.1, 0.15) is 17.2 Å². The molecule has 0 radical (unpaired) electrons. The lowest BCUT2D eigenvalue weighted by Crippen LogP contribution is -2.36. The average Bonchev–Trinajstić information content (AvgIpc) is 3.23. The van der Waals surface area contributed by atoms with Crippen LogP contribution in [0.3, 0.4) is 0 Å². The topological polar surface area (TPSA) is 115 Å². The number of nitrogens with two attached hydrogens (primary N) is 1. The minimum atomic E-state index is -0.824. The van der Waals surface area contributed by atoms with Crippen LogP contribution in [0.25, 0.3) is 10.9 Å². The molecule has 1 unspecified atom stereocenters. The van der Waals surface area contributed by atoms with Gasteiger partial charge in [-0.25, -0.2) is 14.1 Å². The number of halogens is 1. The molecule has 0 spiro atoms. The smallest absolute Gasteiger partial charge is 0.314 e. The summed E-state index contributed by atoms with van der Waals surface area (Å²) in [7, 11) is 1.50. The van der Waals surface area contributed by atoms with Crippen molar-refractivity contribution < 1.29 is 18.7 Å². The van der Waals surface area contributed by atoms with Gasteiger partial charge in [-0.2, -0.15) is 5.10 Å². The summed E-state index contributed by atoms with van der Waals surface area (Å²) in [6, 6.07) is 5.73. The summed E-state index contributed by atoms with van der Waals surface area (Å²) in [6.45, 7) is 0.788. The minimum Gasteiger partial charge on any atom is -0.383 e. The molecule has 162 valence electrons. The number of pyridine rings is 1. The Kier molecular flexibility index (Phi) is 5.81. The number of amides is 2.